The van der Waals surface area contributed by atoms with Crippen molar-refractivity contribution in [1.82, 2.24) is 0 Å². The first-order chi connectivity index (χ1) is 4.76. The van der Waals surface area contributed by atoms with Gasteiger partial charge in [-0.1, -0.05) is 28.6 Å². The molecular weight excluding hydrogens is 194 g/mol. The Balaban J connectivity index is 4.34. The molecule has 0 N–H and O–H groups in total. The summed E-state index contributed by atoms with van der Waals surface area (Å²) < 4.78 is 0. The molecular formula is C7H8BrNO. The van der Waals surface area contributed by atoms with Crippen LogP contribution in [0.25, 0.3) is 0 Å². The fourth-order valence-corrected chi connectivity index (χ4v) is 0.738. The van der Waals surface area contributed by atoms with E-state index in [0.717, 1.165) is 0 Å². The Kier molecular flexibility index (Phi) is 4.76. The highest BCUT2D eigenvalue weighted by Crippen LogP contribution is 2.00. The Labute approximate surface area is 68.5 Å². The van der Waals surface area contributed by atoms with Crippen LogP contribution in [0.2, 0.25) is 0 Å². The van der Waals surface area contributed by atoms with Crippen LogP contribution < -0.4 is 0 Å². The van der Waals surface area contributed by atoms with Crippen LogP contribution in [-0.2, 0) is 4.79 Å². The lowest BCUT2D eigenvalue weighted by Crippen LogP contribution is -2.00. The number of ketones is 1. The van der Waals surface area contributed by atoms with Gasteiger partial charge in [0.2, 0.25) is 0 Å². The third kappa shape index (κ3) is 2.73. The molecule has 0 saturated carbocycles. The molecule has 0 fully saturated rings. The second-order valence-electron chi connectivity index (χ2n) is 1.53. The molecule has 0 aliphatic rings. The topological polar surface area (TPSA) is 29.4 Å². The highest BCUT2D eigenvalue weighted by Gasteiger charge is 2.01. The van der Waals surface area contributed by atoms with Crippen LogP contribution in [0.4, 0.5) is 0 Å². The van der Waals surface area contributed by atoms with Gasteiger partial charge < -0.3 is 0 Å². The SMILES string of the molecule is C=C/C(=C\N=C)C(=O)CBr. The third-order valence-electron chi connectivity index (χ3n) is 0.894. The zero-order valence-corrected chi connectivity index (χ0v) is 7.10. The predicted octanol–water partition coefficient (Wildman–Crippen LogP) is 1.72. The molecule has 0 aromatic rings. The molecule has 2 nitrogen and oxygen atoms in total. The lowest BCUT2D eigenvalue weighted by molar-refractivity contribution is -0.112. The second-order valence-corrected chi connectivity index (χ2v) is 2.09. The quantitative estimate of drug-likeness (QED) is 0.295. The van der Waals surface area contributed by atoms with Gasteiger partial charge in [-0.05, 0) is 6.72 Å². The van der Waals surface area contributed by atoms with E-state index in [0.29, 0.717) is 10.9 Å². The van der Waals surface area contributed by atoms with Crippen molar-refractivity contribution in [3.05, 3.63) is 24.4 Å². The molecule has 54 valence electrons. The van der Waals surface area contributed by atoms with E-state index in [9.17, 15) is 4.79 Å². The number of allylic oxidation sites excluding steroid dienone is 2. The zero-order chi connectivity index (χ0) is 7.98. The summed E-state index contributed by atoms with van der Waals surface area (Å²) >= 11 is 3.03. The number of rotatable bonds is 4. The summed E-state index contributed by atoms with van der Waals surface area (Å²) in [6, 6.07) is 0. The van der Waals surface area contributed by atoms with Gasteiger partial charge in [0, 0.05) is 11.8 Å². The molecule has 0 aliphatic carbocycles. The first-order valence-corrected chi connectivity index (χ1v) is 3.76. The fraction of sp³-hybridized carbons (Fsp3) is 0.143. The van der Waals surface area contributed by atoms with Gasteiger partial charge in [0.1, 0.15) is 0 Å². The molecule has 0 aromatic heterocycles. The maximum atomic E-state index is 10.9. The van der Waals surface area contributed by atoms with Gasteiger partial charge >= 0.3 is 0 Å². The summed E-state index contributed by atoms with van der Waals surface area (Å²) in [6.07, 6.45) is 2.84. The maximum Gasteiger partial charge on any atom is 0.174 e. The number of aliphatic imine (C=N–C) groups is 1. The van der Waals surface area contributed by atoms with E-state index in [4.69, 9.17) is 0 Å². The smallest absolute Gasteiger partial charge is 0.174 e. The zero-order valence-electron chi connectivity index (χ0n) is 5.51. The number of Topliss-reactive ketones (excluding diaryl/α,β-unsaturated/α-hetero) is 1. The van der Waals surface area contributed by atoms with Crippen LogP contribution in [0.3, 0.4) is 0 Å². The summed E-state index contributed by atoms with van der Waals surface area (Å²) in [5.74, 6) is -0.0394. The summed E-state index contributed by atoms with van der Waals surface area (Å²) in [4.78, 5) is 14.3. The maximum absolute atomic E-state index is 10.9. The van der Waals surface area contributed by atoms with Crippen LogP contribution in [0, 0.1) is 0 Å². The van der Waals surface area contributed by atoms with E-state index >= 15 is 0 Å². The first kappa shape index (κ1) is 9.30. The van der Waals surface area contributed by atoms with Crippen molar-refractivity contribution in [2.75, 3.05) is 5.33 Å². The first-order valence-electron chi connectivity index (χ1n) is 2.63. The molecule has 0 heterocycles. The molecule has 0 amide bonds. The lowest BCUT2D eigenvalue weighted by Gasteiger charge is -1.92. The lowest BCUT2D eigenvalue weighted by atomic mass is 10.2. The molecule has 0 unspecified atom stereocenters. The highest BCUT2D eigenvalue weighted by atomic mass is 79.9. The number of halogens is 1. The van der Waals surface area contributed by atoms with Gasteiger partial charge in [-0.25, -0.2) is 0 Å². The van der Waals surface area contributed by atoms with Gasteiger partial charge in [0.15, 0.2) is 5.78 Å². The van der Waals surface area contributed by atoms with Gasteiger partial charge in [-0.3, -0.25) is 9.79 Å². The minimum atomic E-state index is -0.0394. The van der Waals surface area contributed by atoms with E-state index in [2.05, 4.69) is 34.2 Å². The second kappa shape index (κ2) is 5.11. The molecule has 3 heteroatoms. The molecule has 0 aromatic carbocycles. The van der Waals surface area contributed by atoms with E-state index in [-0.39, 0.29) is 5.78 Å². The summed E-state index contributed by atoms with van der Waals surface area (Å²) in [5, 5.41) is 0.292. The molecule has 0 rings (SSSR count). The van der Waals surface area contributed by atoms with Crippen LogP contribution in [0.15, 0.2) is 29.4 Å². The summed E-state index contributed by atoms with van der Waals surface area (Å²) in [7, 11) is 0. The van der Waals surface area contributed by atoms with Gasteiger partial charge in [-0.15, -0.1) is 0 Å². The minimum absolute atomic E-state index is 0.0394. The third-order valence-corrected chi connectivity index (χ3v) is 1.40. The standard InChI is InChI=1S/C7H8BrNO/c1-3-6(5-9-2)7(10)4-8/h3,5H,1-2,4H2/b6-5+. The monoisotopic (exact) mass is 201 g/mol. The number of alkyl halides is 1. The van der Waals surface area contributed by atoms with Gasteiger partial charge in [0.05, 0.1) is 5.33 Å². The van der Waals surface area contributed by atoms with Crippen molar-refractivity contribution in [2.45, 2.75) is 0 Å². The van der Waals surface area contributed by atoms with E-state index in [1.54, 1.807) is 0 Å². The molecule has 10 heavy (non-hydrogen) atoms. The predicted molar refractivity (Wildman–Crippen MR) is 46.6 cm³/mol. The summed E-state index contributed by atoms with van der Waals surface area (Å²) in [5.41, 5.74) is 0.479. The Bertz CT molecular complexity index is 184. The Morgan fingerprint density at radius 3 is 2.60 bits per heavy atom. The van der Waals surface area contributed by atoms with E-state index < -0.39 is 0 Å². The fourth-order valence-electron chi connectivity index (χ4n) is 0.414. The molecule has 0 atom stereocenters. The molecule has 0 aliphatic heterocycles. The normalized spacial score (nSPS) is 10.7. The molecule has 0 spiro atoms. The Hall–Kier alpha value is -0.700. The number of nitrogens with zero attached hydrogens (tertiary/aromatic N) is 1. The minimum Gasteiger partial charge on any atom is -0.293 e. The van der Waals surface area contributed by atoms with Crippen molar-refractivity contribution in [3.8, 4) is 0 Å². The van der Waals surface area contributed by atoms with Crippen molar-refractivity contribution in [1.29, 1.82) is 0 Å². The van der Waals surface area contributed by atoms with Gasteiger partial charge in [0.25, 0.3) is 0 Å². The number of carbonyl (C=O) groups is 1. The van der Waals surface area contributed by atoms with E-state index in [1.807, 2.05) is 0 Å². The van der Waals surface area contributed by atoms with Crippen LogP contribution in [0.1, 0.15) is 0 Å². The molecule has 0 saturated heterocycles. The van der Waals surface area contributed by atoms with Crippen LogP contribution in [0.5, 0.6) is 0 Å². The largest absolute Gasteiger partial charge is 0.293 e. The van der Waals surface area contributed by atoms with Crippen molar-refractivity contribution >= 4 is 28.4 Å². The number of hydrogen-bond acceptors (Lipinski definition) is 2. The number of hydrogen-bond donors (Lipinski definition) is 0. The molecule has 0 radical (unpaired) electrons. The Morgan fingerprint density at radius 1 is 1.70 bits per heavy atom. The van der Waals surface area contributed by atoms with Crippen LogP contribution in [-0.4, -0.2) is 17.8 Å². The van der Waals surface area contributed by atoms with Crippen molar-refractivity contribution in [3.63, 3.8) is 0 Å². The Morgan fingerprint density at radius 2 is 2.30 bits per heavy atom. The van der Waals surface area contributed by atoms with Gasteiger partial charge in [-0.2, -0.15) is 0 Å². The van der Waals surface area contributed by atoms with E-state index in [1.165, 1.54) is 12.3 Å². The average Bonchev–Trinajstić information content (AvgIpc) is 1.99. The van der Waals surface area contributed by atoms with Crippen molar-refractivity contribution in [2.24, 2.45) is 4.99 Å². The van der Waals surface area contributed by atoms with Crippen LogP contribution >= 0.6 is 15.9 Å². The van der Waals surface area contributed by atoms with Crippen molar-refractivity contribution < 1.29 is 4.79 Å². The molecule has 0 bridgehead atoms. The number of carbonyl (C=O) groups excluding carboxylic acids is 1. The average molecular weight is 202 g/mol. The summed E-state index contributed by atoms with van der Waals surface area (Å²) in [6.45, 7) is 6.67. The highest BCUT2D eigenvalue weighted by molar-refractivity contribution is 9.09.